The second-order valence-corrected chi connectivity index (χ2v) is 3.68. The van der Waals surface area contributed by atoms with Crippen molar-refractivity contribution in [3.05, 3.63) is 36.9 Å². The van der Waals surface area contributed by atoms with Gasteiger partial charge in [-0.1, -0.05) is 0 Å². The number of nitrogens with one attached hydrogen (secondary N) is 1. The number of hydrogen-bond donors (Lipinski definition) is 2. The van der Waals surface area contributed by atoms with Crippen molar-refractivity contribution in [2.45, 2.75) is 6.54 Å². The van der Waals surface area contributed by atoms with Crippen LogP contribution in [0.4, 0.5) is 11.4 Å². The van der Waals surface area contributed by atoms with E-state index in [1.165, 1.54) is 0 Å². The van der Waals surface area contributed by atoms with Gasteiger partial charge in [0.05, 0.1) is 24.8 Å². The molecule has 5 nitrogen and oxygen atoms in total. The first-order valence-corrected chi connectivity index (χ1v) is 5.42. The zero-order valence-electron chi connectivity index (χ0n) is 9.76. The van der Waals surface area contributed by atoms with Gasteiger partial charge in [0.1, 0.15) is 5.75 Å². The van der Waals surface area contributed by atoms with Gasteiger partial charge in [0.25, 0.3) is 0 Å². The second-order valence-electron chi connectivity index (χ2n) is 3.68. The van der Waals surface area contributed by atoms with Gasteiger partial charge in [0.15, 0.2) is 0 Å². The fraction of sp³-hybridized carbons (Fsp3) is 0.250. The molecule has 17 heavy (non-hydrogen) atoms. The van der Waals surface area contributed by atoms with Crippen LogP contribution in [-0.2, 0) is 6.54 Å². The first-order chi connectivity index (χ1) is 8.29. The van der Waals surface area contributed by atoms with Gasteiger partial charge in [-0.05, 0) is 12.1 Å². The van der Waals surface area contributed by atoms with Gasteiger partial charge in [0, 0.05) is 31.5 Å². The summed E-state index contributed by atoms with van der Waals surface area (Å²) in [5.74, 6) is 0.796. The fourth-order valence-corrected chi connectivity index (χ4v) is 1.55. The molecule has 0 amide bonds. The summed E-state index contributed by atoms with van der Waals surface area (Å²) in [5, 5.41) is 3.27. The Hall–Kier alpha value is -2.17. The van der Waals surface area contributed by atoms with Crippen molar-refractivity contribution in [3.8, 4) is 5.75 Å². The van der Waals surface area contributed by atoms with Gasteiger partial charge in [-0.3, -0.25) is 0 Å². The third kappa shape index (κ3) is 2.90. The minimum Gasteiger partial charge on any atom is -0.497 e. The van der Waals surface area contributed by atoms with Crippen LogP contribution in [0.1, 0.15) is 0 Å². The fourth-order valence-electron chi connectivity index (χ4n) is 1.55. The van der Waals surface area contributed by atoms with Crippen LogP contribution >= 0.6 is 0 Å². The lowest BCUT2D eigenvalue weighted by molar-refractivity contribution is 0.415. The van der Waals surface area contributed by atoms with Gasteiger partial charge < -0.3 is 20.4 Å². The van der Waals surface area contributed by atoms with E-state index in [1.54, 1.807) is 19.6 Å². The largest absolute Gasteiger partial charge is 0.497 e. The molecule has 2 aromatic rings. The summed E-state index contributed by atoms with van der Waals surface area (Å²) in [5.41, 5.74) is 7.48. The summed E-state index contributed by atoms with van der Waals surface area (Å²) < 4.78 is 7.15. The summed E-state index contributed by atoms with van der Waals surface area (Å²) >= 11 is 0. The van der Waals surface area contributed by atoms with E-state index in [4.69, 9.17) is 10.5 Å². The van der Waals surface area contributed by atoms with Crippen LogP contribution in [0.5, 0.6) is 5.75 Å². The van der Waals surface area contributed by atoms with Crippen molar-refractivity contribution in [2.24, 2.45) is 0 Å². The Kier molecular flexibility index (Phi) is 3.49. The van der Waals surface area contributed by atoms with Crippen LogP contribution in [0.3, 0.4) is 0 Å². The molecule has 0 saturated heterocycles. The Balaban J connectivity index is 1.94. The third-order valence-corrected chi connectivity index (χ3v) is 2.51. The van der Waals surface area contributed by atoms with E-state index < -0.39 is 0 Å². The van der Waals surface area contributed by atoms with Crippen molar-refractivity contribution in [2.75, 3.05) is 24.7 Å². The van der Waals surface area contributed by atoms with Crippen LogP contribution < -0.4 is 15.8 Å². The topological polar surface area (TPSA) is 65.1 Å². The smallest absolute Gasteiger partial charge is 0.121 e. The molecule has 5 heteroatoms. The number of hydrogen-bond acceptors (Lipinski definition) is 4. The molecule has 2 rings (SSSR count). The highest BCUT2D eigenvalue weighted by molar-refractivity contribution is 5.68. The Morgan fingerprint density at radius 2 is 2.35 bits per heavy atom. The van der Waals surface area contributed by atoms with Crippen molar-refractivity contribution in [1.29, 1.82) is 0 Å². The number of anilines is 2. The van der Waals surface area contributed by atoms with E-state index in [0.29, 0.717) is 0 Å². The monoisotopic (exact) mass is 232 g/mol. The van der Waals surface area contributed by atoms with E-state index in [9.17, 15) is 0 Å². The van der Waals surface area contributed by atoms with Gasteiger partial charge in [-0.25, -0.2) is 4.98 Å². The van der Waals surface area contributed by atoms with Crippen LogP contribution in [-0.4, -0.2) is 23.2 Å². The van der Waals surface area contributed by atoms with E-state index in [-0.39, 0.29) is 0 Å². The lowest BCUT2D eigenvalue weighted by Gasteiger charge is -2.11. The summed E-state index contributed by atoms with van der Waals surface area (Å²) in [6.45, 7) is 1.63. The lowest BCUT2D eigenvalue weighted by atomic mass is 10.2. The van der Waals surface area contributed by atoms with Crippen molar-refractivity contribution in [3.63, 3.8) is 0 Å². The lowest BCUT2D eigenvalue weighted by Crippen LogP contribution is -2.10. The van der Waals surface area contributed by atoms with Crippen molar-refractivity contribution in [1.82, 2.24) is 9.55 Å². The molecule has 0 aliphatic carbocycles. The molecule has 0 bridgehead atoms. The second kappa shape index (κ2) is 5.25. The zero-order valence-corrected chi connectivity index (χ0v) is 9.76. The molecule has 3 N–H and O–H groups in total. The number of nitrogens with zero attached hydrogens (tertiary/aromatic N) is 2. The Bertz CT molecular complexity index is 467. The highest BCUT2D eigenvalue weighted by atomic mass is 16.5. The molecule has 0 aliphatic rings. The average molecular weight is 232 g/mol. The molecule has 1 heterocycles. The summed E-state index contributed by atoms with van der Waals surface area (Å²) in [7, 11) is 1.64. The van der Waals surface area contributed by atoms with Gasteiger partial charge in [0.2, 0.25) is 0 Å². The highest BCUT2D eigenvalue weighted by Gasteiger charge is 2.00. The first-order valence-electron chi connectivity index (χ1n) is 5.42. The minimum absolute atomic E-state index is 0.719. The molecule has 1 aromatic heterocycles. The zero-order chi connectivity index (χ0) is 12.1. The van der Waals surface area contributed by atoms with E-state index in [1.807, 2.05) is 29.0 Å². The number of nitrogen functional groups attached to an aromatic ring is 1. The summed E-state index contributed by atoms with van der Waals surface area (Å²) in [6, 6.07) is 5.57. The molecule has 0 fully saturated rings. The number of nitrogens with two attached hydrogens (primary N) is 1. The van der Waals surface area contributed by atoms with Crippen LogP contribution in [0, 0.1) is 0 Å². The van der Waals surface area contributed by atoms with Gasteiger partial charge in [-0.2, -0.15) is 0 Å². The number of rotatable bonds is 5. The maximum Gasteiger partial charge on any atom is 0.121 e. The van der Waals surface area contributed by atoms with E-state index in [0.717, 1.165) is 30.2 Å². The van der Waals surface area contributed by atoms with Gasteiger partial charge >= 0.3 is 0 Å². The number of ether oxygens (including phenoxy) is 1. The van der Waals surface area contributed by atoms with E-state index in [2.05, 4.69) is 10.3 Å². The summed E-state index contributed by atoms with van der Waals surface area (Å²) in [4.78, 5) is 3.98. The average Bonchev–Trinajstić information content (AvgIpc) is 2.84. The molecule has 0 spiro atoms. The van der Waals surface area contributed by atoms with Crippen LogP contribution in [0.2, 0.25) is 0 Å². The van der Waals surface area contributed by atoms with Crippen LogP contribution in [0.25, 0.3) is 0 Å². The predicted molar refractivity (Wildman–Crippen MR) is 68.1 cm³/mol. The number of imidazole rings is 1. The maximum absolute atomic E-state index is 5.87. The molecule has 90 valence electrons. The number of methoxy groups -OCH3 is 1. The minimum atomic E-state index is 0.719. The molecule has 1 aromatic carbocycles. The highest BCUT2D eigenvalue weighted by Crippen LogP contribution is 2.23. The SMILES string of the molecule is COc1ccc(N)c(NCCn2ccnc2)c1. The summed E-state index contributed by atoms with van der Waals surface area (Å²) in [6.07, 6.45) is 5.48. The predicted octanol–water partition coefficient (Wildman–Crippen LogP) is 1.59. The van der Waals surface area contributed by atoms with Gasteiger partial charge in [-0.15, -0.1) is 0 Å². The molecule has 0 aliphatic heterocycles. The molecule has 0 atom stereocenters. The van der Waals surface area contributed by atoms with Crippen molar-refractivity contribution < 1.29 is 4.74 Å². The normalized spacial score (nSPS) is 10.2. The van der Waals surface area contributed by atoms with E-state index >= 15 is 0 Å². The first kappa shape index (κ1) is 11.3. The Morgan fingerprint density at radius 3 is 3.06 bits per heavy atom. The quantitative estimate of drug-likeness (QED) is 0.768. The Morgan fingerprint density at radius 1 is 1.47 bits per heavy atom. The Labute approximate surface area is 100 Å². The molecule has 0 unspecified atom stereocenters. The standard InChI is InChI=1S/C12H16N4O/c1-17-10-2-3-11(13)12(8-10)15-5-7-16-6-4-14-9-16/h2-4,6,8-9,15H,5,7,13H2,1H3. The number of aromatic nitrogens is 2. The number of benzene rings is 1. The molecular formula is C12H16N4O. The molecule has 0 radical (unpaired) electrons. The maximum atomic E-state index is 5.87. The molecular weight excluding hydrogens is 216 g/mol. The molecule has 0 saturated carbocycles. The van der Waals surface area contributed by atoms with Crippen molar-refractivity contribution >= 4 is 11.4 Å². The third-order valence-electron chi connectivity index (χ3n) is 2.51. The van der Waals surface area contributed by atoms with Crippen LogP contribution in [0.15, 0.2) is 36.9 Å².